The van der Waals surface area contributed by atoms with Gasteiger partial charge in [-0.25, -0.2) is 9.97 Å². The van der Waals surface area contributed by atoms with Crippen molar-refractivity contribution in [2.24, 2.45) is 0 Å². The second kappa shape index (κ2) is 4.63. The normalized spacial score (nSPS) is 19.1. The first kappa shape index (κ1) is 11.1. The van der Waals surface area contributed by atoms with Gasteiger partial charge in [0.2, 0.25) is 5.95 Å². The van der Waals surface area contributed by atoms with Gasteiger partial charge in [-0.15, -0.1) is 0 Å². The van der Waals surface area contributed by atoms with Gasteiger partial charge in [-0.1, -0.05) is 19.8 Å². The van der Waals surface area contributed by atoms with Crippen molar-refractivity contribution in [3.05, 3.63) is 16.0 Å². The van der Waals surface area contributed by atoms with Crippen LogP contribution in [0.2, 0.25) is 0 Å². The van der Waals surface area contributed by atoms with Gasteiger partial charge in [0.15, 0.2) is 0 Å². The summed E-state index contributed by atoms with van der Waals surface area (Å²) in [5.41, 5.74) is 0.257. The lowest BCUT2D eigenvalue weighted by Crippen LogP contribution is -2.34. The van der Waals surface area contributed by atoms with Crippen LogP contribution in [0.5, 0.6) is 0 Å². The highest BCUT2D eigenvalue weighted by Crippen LogP contribution is 2.34. The number of rotatable bonds is 3. The summed E-state index contributed by atoms with van der Waals surface area (Å²) in [7, 11) is 0. The standard InChI is InChI=1S/C11H16IN3/c1-2-11(5-3-4-6-11)15-10-13-7-9(12)8-14-10/h7-8H,2-6H2,1H3,(H,13,14,15). The average Bonchev–Trinajstić information content (AvgIpc) is 2.71. The Labute approximate surface area is 104 Å². The van der Waals surface area contributed by atoms with Crippen LogP contribution in [0.1, 0.15) is 39.0 Å². The molecule has 1 aliphatic carbocycles. The Bertz CT molecular complexity index is 317. The van der Waals surface area contributed by atoms with E-state index in [1.54, 1.807) is 0 Å². The summed E-state index contributed by atoms with van der Waals surface area (Å²) < 4.78 is 1.08. The number of halogens is 1. The third kappa shape index (κ3) is 2.59. The molecule has 1 saturated carbocycles. The maximum Gasteiger partial charge on any atom is 0.223 e. The fraction of sp³-hybridized carbons (Fsp3) is 0.636. The molecular weight excluding hydrogens is 301 g/mol. The molecule has 0 amide bonds. The number of anilines is 1. The maximum atomic E-state index is 4.31. The van der Waals surface area contributed by atoms with Crippen molar-refractivity contribution in [2.45, 2.75) is 44.6 Å². The van der Waals surface area contributed by atoms with Gasteiger partial charge in [0, 0.05) is 21.5 Å². The number of nitrogens with one attached hydrogen (secondary N) is 1. The summed E-state index contributed by atoms with van der Waals surface area (Å²) in [4.78, 5) is 8.61. The van der Waals surface area contributed by atoms with Crippen molar-refractivity contribution < 1.29 is 0 Å². The third-order valence-corrected chi connectivity index (χ3v) is 3.79. The van der Waals surface area contributed by atoms with E-state index in [2.05, 4.69) is 44.8 Å². The highest BCUT2D eigenvalue weighted by molar-refractivity contribution is 14.1. The lowest BCUT2D eigenvalue weighted by molar-refractivity contribution is 0.461. The molecule has 0 unspecified atom stereocenters. The molecule has 1 fully saturated rings. The van der Waals surface area contributed by atoms with Gasteiger partial charge in [-0.3, -0.25) is 0 Å². The van der Waals surface area contributed by atoms with Crippen molar-refractivity contribution >= 4 is 28.5 Å². The Hall–Kier alpha value is -0.390. The van der Waals surface area contributed by atoms with E-state index in [1.165, 1.54) is 25.7 Å². The summed E-state index contributed by atoms with van der Waals surface area (Å²) in [5.74, 6) is 0.777. The molecule has 0 aliphatic heterocycles. The summed E-state index contributed by atoms with van der Waals surface area (Å²) in [6.45, 7) is 2.24. The third-order valence-electron chi connectivity index (χ3n) is 3.23. The van der Waals surface area contributed by atoms with Crippen LogP contribution in [0.4, 0.5) is 5.95 Å². The Morgan fingerprint density at radius 3 is 2.47 bits per heavy atom. The molecule has 1 heterocycles. The molecular formula is C11H16IN3. The van der Waals surface area contributed by atoms with Crippen LogP contribution in [0.3, 0.4) is 0 Å². The van der Waals surface area contributed by atoms with Crippen molar-refractivity contribution in [3.63, 3.8) is 0 Å². The first-order valence-corrected chi connectivity index (χ1v) is 6.58. The molecule has 1 aromatic rings. The predicted octanol–water partition coefficient (Wildman–Crippen LogP) is 3.22. The smallest absolute Gasteiger partial charge is 0.223 e. The molecule has 1 N–H and O–H groups in total. The lowest BCUT2D eigenvalue weighted by atomic mass is 9.94. The molecule has 0 bridgehead atoms. The molecule has 0 saturated heterocycles. The van der Waals surface area contributed by atoms with E-state index in [-0.39, 0.29) is 5.54 Å². The van der Waals surface area contributed by atoms with E-state index in [4.69, 9.17) is 0 Å². The van der Waals surface area contributed by atoms with Gasteiger partial charge in [-0.2, -0.15) is 0 Å². The Kier molecular flexibility index (Phi) is 3.43. The van der Waals surface area contributed by atoms with Crippen LogP contribution in [-0.2, 0) is 0 Å². The Morgan fingerprint density at radius 2 is 1.93 bits per heavy atom. The number of hydrogen-bond donors (Lipinski definition) is 1. The van der Waals surface area contributed by atoms with Gasteiger partial charge in [0.1, 0.15) is 0 Å². The van der Waals surface area contributed by atoms with E-state index in [1.807, 2.05) is 12.4 Å². The van der Waals surface area contributed by atoms with Crippen LogP contribution < -0.4 is 5.32 Å². The summed E-state index contributed by atoms with van der Waals surface area (Å²) in [6.07, 6.45) is 10.0. The first-order valence-electron chi connectivity index (χ1n) is 5.50. The van der Waals surface area contributed by atoms with E-state index >= 15 is 0 Å². The van der Waals surface area contributed by atoms with Gasteiger partial charge in [-0.05, 0) is 41.9 Å². The average molecular weight is 317 g/mol. The fourth-order valence-corrected chi connectivity index (χ4v) is 2.51. The topological polar surface area (TPSA) is 37.8 Å². The van der Waals surface area contributed by atoms with Crippen LogP contribution in [-0.4, -0.2) is 15.5 Å². The van der Waals surface area contributed by atoms with Crippen molar-refractivity contribution in [1.82, 2.24) is 9.97 Å². The first-order chi connectivity index (χ1) is 7.24. The lowest BCUT2D eigenvalue weighted by Gasteiger charge is -2.28. The molecule has 2 rings (SSSR count). The zero-order chi connectivity index (χ0) is 10.7. The zero-order valence-corrected chi connectivity index (χ0v) is 11.1. The monoisotopic (exact) mass is 317 g/mol. The largest absolute Gasteiger partial charge is 0.349 e. The molecule has 0 radical (unpaired) electrons. The second-order valence-corrected chi connectivity index (χ2v) is 5.44. The summed E-state index contributed by atoms with van der Waals surface area (Å²) >= 11 is 2.22. The minimum Gasteiger partial charge on any atom is -0.349 e. The van der Waals surface area contributed by atoms with E-state index in [0.717, 1.165) is 15.9 Å². The molecule has 82 valence electrons. The summed E-state index contributed by atoms with van der Waals surface area (Å²) in [5, 5.41) is 3.51. The maximum absolute atomic E-state index is 4.31. The van der Waals surface area contributed by atoms with E-state index < -0.39 is 0 Å². The van der Waals surface area contributed by atoms with Crippen molar-refractivity contribution in [3.8, 4) is 0 Å². The van der Waals surface area contributed by atoms with Crippen LogP contribution in [0.15, 0.2) is 12.4 Å². The van der Waals surface area contributed by atoms with Gasteiger partial charge < -0.3 is 5.32 Å². The minimum atomic E-state index is 0.257. The number of aromatic nitrogens is 2. The molecule has 0 atom stereocenters. The number of nitrogens with zero attached hydrogens (tertiary/aromatic N) is 2. The minimum absolute atomic E-state index is 0.257. The molecule has 0 spiro atoms. The van der Waals surface area contributed by atoms with Gasteiger partial charge in [0.25, 0.3) is 0 Å². The fourth-order valence-electron chi connectivity index (χ4n) is 2.23. The van der Waals surface area contributed by atoms with Crippen LogP contribution in [0.25, 0.3) is 0 Å². The van der Waals surface area contributed by atoms with E-state index in [0.29, 0.717) is 0 Å². The van der Waals surface area contributed by atoms with Gasteiger partial charge in [0.05, 0.1) is 0 Å². The highest BCUT2D eigenvalue weighted by Gasteiger charge is 2.32. The van der Waals surface area contributed by atoms with Crippen LogP contribution in [0, 0.1) is 3.57 Å². The van der Waals surface area contributed by atoms with Crippen molar-refractivity contribution in [1.29, 1.82) is 0 Å². The van der Waals surface area contributed by atoms with Crippen molar-refractivity contribution in [2.75, 3.05) is 5.32 Å². The molecule has 0 aromatic carbocycles. The Morgan fingerprint density at radius 1 is 1.33 bits per heavy atom. The van der Waals surface area contributed by atoms with E-state index in [9.17, 15) is 0 Å². The number of hydrogen-bond acceptors (Lipinski definition) is 3. The predicted molar refractivity (Wildman–Crippen MR) is 69.9 cm³/mol. The van der Waals surface area contributed by atoms with Gasteiger partial charge >= 0.3 is 0 Å². The quantitative estimate of drug-likeness (QED) is 0.870. The summed E-state index contributed by atoms with van der Waals surface area (Å²) in [6, 6.07) is 0. The molecule has 15 heavy (non-hydrogen) atoms. The molecule has 4 heteroatoms. The molecule has 1 aliphatic rings. The highest BCUT2D eigenvalue weighted by atomic mass is 127. The van der Waals surface area contributed by atoms with Crippen LogP contribution >= 0.6 is 22.6 Å². The Balaban J connectivity index is 2.09. The zero-order valence-electron chi connectivity index (χ0n) is 8.96. The SMILES string of the molecule is CCC1(Nc2ncc(I)cn2)CCCC1. The molecule has 1 aromatic heterocycles. The second-order valence-electron chi connectivity index (χ2n) is 4.19. The molecule has 3 nitrogen and oxygen atoms in total.